The van der Waals surface area contributed by atoms with Crippen LogP contribution in [0.2, 0.25) is 0 Å². The Labute approximate surface area is 326 Å². The van der Waals surface area contributed by atoms with E-state index in [1.165, 1.54) is 65.2 Å². The zero-order valence-electron chi connectivity index (χ0n) is 30.5. The lowest BCUT2D eigenvalue weighted by Gasteiger charge is -2.13. The molecule has 14 nitrogen and oxygen atoms in total. The van der Waals surface area contributed by atoms with Crippen molar-refractivity contribution in [2.24, 2.45) is 14.1 Å². The Morgan fingerprint density at radius 3 is 1.93 bits per heavy atom. The molecule has 300 valence electrons. The molecule has 6 heterocycles. The second kappa shape index (κ2) is 14.8. The molecule has 0 saturated heterocycles. The van der Waals surface area contributed by atoms with E-state index in [4.69, 9.17) is 0 Å². The molecule has 2 aromatic carbocycles. The number of alkyl halides is 5. The van der Waals surface area contributed by atoms with E-state index in [2.05, 4.69) is 50.7 Å². The van der Waals surface area contributed by atoms with Gasteiger partial charge in [-0.3, -0.25) is 9.59 Å². The number of halogens is 7. The van der Waals surface area contributed by atoms with Crippen LogP contribution in [-0.2, 0) is 33.1 Å². The lowest BCUT2D eigenvalue weighted by atomic mass is 9.98. The zero-order chi connectivity index (χ0) is 41.7. The monoisotopic (exact) mass is 816 g/mol. The van der Waals surface area contributed by atoms with Crippen molar-refractivity contribution in [1.82, 2.24) is 49.5 Å². The van der Waals surface area contributed by atoms with Gasteiger partial charge in [-0.05, 0) is 72.6 Å². The molecule has 6 aromatic heterocycles. The Kier molecular flexibility index (Phi) is 9.64. The van der Waals surface area contributed by atoms with Crippen LogP contribution < -0.4 is 10.6 Å². The Balaban J connectivity index is 0.977. The molecule has 59 heavy (non-hydrogen) atoms. The average Bonchev–Trinajstić information content (AvgIpc) is 3.99. The summed E-state index contributed by atoms with van der Waals surface area (Å²) in [7, 11) is 3.02. The zero-order valence-corrected chi connectivity index (χ0v) is 30.5. The van der Waals surface area contributed by atoms with Gasteiger partial charge in [-0.2, -0.15) is 23.4 Å². The summed E-state index contributed by atoms with van der Waals surface area (Å²) in [6.45, 7) is 0. The number of hydrogen-bond acceptors (Lipinski definition) is 8. The van der Waals surface area contributed by atoms with Crippen molar-refractivity contribution in [1.29, 1.82) is 0 Å². The summed E-state index contributed by atoms with van der Waals surface area (Å²) < 4.78 is 100. The van der Waals surface area contributed by atoms with Crippen LogP contribution in [0, 0.1) is 11.6 Å². The number of aromatic amines is 2. The maximum Gasteiger partial charge on any atom is 0.417 e. The third-order valence-corrected chi connectivity index (χ3v) is 9.30. The minimum Gasteiger partial charge on any atom is -0.339 e. The van der Waals surface area contributed by atoms with Gasteiger partial charge in [0.2, 0.25) is 11.6 Å². The second-order valence-corrected chi connectivity index (χ2v) is 13.3. The largest absolute Gasteiger partial charge is 0.417 e. The van der Waals surface area contributed by atoms with Crippen LogP contribution >= 0.6 is 0 Å². The third-order valence-electron chi connectivity index (χ3n) is 9.30. The quantitative estimate of drug-likeness (QED) is 0.102. The molecule has 0 saturated carbocycles. The van der Waals surface area contributed by atoms with Crippen molar-refractivity contribution in [3.8, 4) is 22.5 Å². The third kappa shape index (κ3) is 7.68. The smallest absolute Gasteiger partial charge is 0.339 e. The van der Waals surface area contributed by atoms with Crippen LogP contribution in [0.4, 0.5) is 42.4 Å². The molecule has 8 rings (SSSR count). The number of hydrogen-bond donors (Lipinski definition) is 4. The highest BCUT2D eigenvalue weighted by Crippen LogP contribution is 2.39. The SMILES string of the molecule is Cn1ncnc1C(=O)Nc1ccc2cc(-c3cc(CCc4nc(C(=O)Nc5ccc6cc(-c7cc(F)c(F)cc7C(F)F)[nH]c6n5)n(C)n4)ccc3C(F)(F)F)[nH]c2n1. The van der Waals surface area contributed by atoms with Crippen LogP contribution in [0.1, 0.15) is 50.2 Å². The number of aryl methyl sites for hydroxylation is 4. The summed E-state index contributed by atoms with van der Waals surface area (Å²) in [6, 6.07) is 13.9. The minimum absolute atomic E-state index is 0.0344. The molecular weight excluding hydrogens is 789 g/mol. The number of amides is 2. The standard InChI is InChI=1S/C38H27F7N12O2/c1-56-34(46-16-47-56)36(58)53-28-9-6-19-13-27(49-33(19)50-28)22-11-17(3-7-23(22)38(43,44)45)4-8-30-52-35(57(2)55-30)37(59)54-29-10-5-18-12-26(48-32(18)51-29)20-14-24(39)25(40)15-21(20)31(41)42/h3,5-7,9-16,31H,4,8H2,1-2H3,(H2,48,51,54,59)(H2,49,50,53,58). The van der Waals surface area contributed by atoms with Gasteiger partial charge < -0.3 is 20.6 Å². The van der Waals surface area contributed by atoms with E-state index in [1.54, 1.807) is 13.1 Å². The first kappa shape index (κ1) is 38.4. The van der Waals surface area contributed by atoms with Gasteiger partial charge in [0.1, 0.15) is 29.3 Å². The van der Waals surface area contributed by atoms with E-state index in [0.717, 1.165) is 6.07 Å². The van der Waals surface area contributed by atoms with E-state index in [9.17, 15) is 40.3 Å². The van der Waals surface area contributed by atoms with Gasteiger partial charge in [-0.15, -0.1) is 0 Å². The number of anilines is 2. The lowest BCUT2D eigenvalue weighted by Crippen LogP contribution is -2.18. The molecule has 0 atom stereocenters. The van der Waals surface area contributed by atoms with Crippen molar-refractivity contribution in [2.75, 3.05) is 10.6 Å². The number of rotatable bonds is 10. The molecule has 0 aliphatic rings. The minimum atomic E-state index is -4.69. The van der Waals surface area contributed by atoms with Crippen molar-refractivity contribution < 1.29 is 40.3 Å². The van der Waals surface area contributed by atoms with E-state index >= 15 is 0 Å². The van der Waals surface area contributed by atoms with Crippen molar-refractivity contribution in [3.63, 3.8) is 0 Å². The number of pyridine rings is 2. The maximum atomic E-state index is 14.2. The topological polar surface area (TPSA) is 177 Å². The summed E-state index contributed by atoms with van der Waals surface area (Å²) in [5.74, 6) is -3.66. The molecule has 0 aliphatic carbocycles. The molecule has 2 amide bonds. The lowest BCUT2D eigenvalue weighted by molar-refractivity contribution is -0.137. The van der Waals surface area contributed by atoms with Gasteiger partial charge in [0.05, 0.1) is 5.56 Å². The molecule has 0 radical (unpaired) electrons. The molecule has 0 fully saturated rings. The Morgan fingerprint density at radius 1 is 0.729 bits per heavy atom. The van der Waals surface area contributed by atoms with E-state index < -0.39 is 47.2 Å². The summed E-state index contributed by atoms with van der Waals surface area (Å²) in [5.41, 5.74) is -0.892. The summed E-state index contributed by atoms with van der Waals surface area (Å²) in [6.07, 6.45) is -6.22. The van der Waals surface area contributed by atoms with Crippen LogP contribution in [0.15, 0.2) is 73.1 Å². The van der Waals surface area contributed by atoms with Crippen LogP contribution in [0.3, 0.4) is 0 Å². The Bertz CT molecular complexity index is 2930. The number of fused-ring (bicyclic) bond motifs is 2. The van der Waals surface area contributed by atoms with Crippen LogP contribution in [0.25, 0.3) is 44.6 Å². The highest BCUT2D eigenvalue weighted by molar-refractivity contribution is 6.02. The van der Waals surface area contributed by atoms with E-state index in [-0.39, 0.29) is 75.8 Å². The first-order valence-corrected chi connectivity index (χ1v) is 17.5. The maximum absolute atomic E-state index is 14.2. The normalized spacial score (nSPS) is 11.9. The molecule has 0 spiro atoms. The molecule has 0 unspecified atom stereocenters. The van der Waals surface area contributed by atoms with Gasteiger partial charge >= 0.3 is 6.18 Å². The van der Waals surface area contributed by atoms with Gasteiger partial charge in [-0.1, -0.05) is 6.07 Å². The van der Waals surface area contributed by atoms with Gasteiger partial charge in [-0.25, -0.2) is 46.9 Å². The average molecular weight is 817 g/mol. The van der Waals surface area contributed by atoms with Gasteiger partial charge in [0.15, 0.2) is 17.5 Å². The highest BCUT2D eigenvalue weighted by atomic mass is 19.4. The molecular formula is C38H27F7N12O2. The predicted octanol–water partition coefficient (Wildman–Crippen LogP) is 7.55. The van der Waals surface area contributed by atoms with Crippen LogP contribution in [-0.4, -0.2) is 61.3 Å². The fourth-order valence-electron chi connectivity index (χ4n) is 6.48. The summed E-state index contributed by atoms with van der Waals surface area (Å²) >= 11 is 0. The number of aromatic nitrogens is 10. The number of carbonyl (C=O) groups excluding carboxylic acids is 2. The van der Waals surface area contributed by atoms with Crippen molar-refractivity contribution >= 4 is 45.5 Å². The molecule has 4 N–H and O–H groups in total. The fraction of sp³-hybridized carbons (Fsp3) is 0.158. The molecule has 8 aromatic rings. The second-order valence-electron chi connectivity index (χ2n) is 13.3. The number of H-pyrrole nitrogens is 2. The Hall–Kier alpha value is -7.45. The van der Waals surface area contributed by atoms with Gasteiger partial charge in [0, 0.05) is 59.4 Å². The highest BCUT2D eigenvalue weighted by Gasteiger charge is 2.34. The Morgan fingerprint density at radius 2 is 1.34 bits per heavy atom. The van der Waals surface area contributed by atoms with Crippen molar-refractivity contribution in [2.45, 2.75) is 25.4 Å². The van der Waals surface area contributed by atoms with Crippen LogP contribution in [0.5, 0.6) is 0 Å². The number of nitrogens with one attached hydrogen (secondary N) is 4. The fourth-order valence-corrected chi connectivity index (χ4v) is 6.48. The van der Waals surface area contributed by atoms with E-state index in [1.807, 2.05) is 0 Å². The number of nitrogens with zero attached hydrogens (tertiary/aromatic N) is 8. The predicted molar refractivity (Wildman–Crippen MR) is 198 cm³/mol. The molecule has 21 heteroatoms. The molecule has 0 aliphatic heterocycles. The van der Waals surface area contributed by atoms with E-state index in [0.29, 0.717) is 28.5 Å². The molecule has 0 bridgehead atoms. The summed E-state index contributed by atoms with van der Waals surface area (Å²) in [5, 5.41) is 14.3. The van der Waals surface area contributed by atoms with Crippen molar-refractivity contribution in [3.05, 3.63) is 119 Å². The summed E-state index contributed by atoms with van der Waals surface area (Å²) in [4.78, 5) is 48.4. The van der Waals surface area contributed by atoms with Gasteiger partial charge in [0.25, 0.3) is 18.2 Å². The number of benzene rings is 2. The number of carbonyl (C=O) groups is 2. The first-order chi connectivity index (χ1) is 28.1. The first-order valence-electron chi connectivity index (χ1n) is 17.5.